The first kappa shape index (κ1) is 18.9. The van der Waals surface area contributed by atoms with E-state index in [1.54, 1.807) is 4.90 Å². The summed E-state index contributed by atoms with van der Waals surface area (Å²) in [4.78, 5) is 27.6. The Kier molecular flexibility index (Phi) is 6.46. The number of pyridine rings is 2. The standard InChI is InChI=1S/C20H28N6O/c1-3-24(4-2)20(27)23-16-17-8-7-11-22-19(17)26-14-12-25(13-15-26)18-9-5-6-10-21-18/h5-11H,3-4,12-16H2,1-2H3,(H,23,27). The molecule has 3 rings (SSSR count). The van der Waals surface area contributed by atoms with E-state index in [4.69, 9.17) is 0 Å². The van der Waals surface area contributed by atoms with Gasteiger partial charge in [0.2, 0.25) is 0 Å². The molecule has 0 atom stereocenters. The summed E-state index contributed by atoms with van der Waals surface area (Å²) in [6.45, 7) is 9.43. The van der Waals surface area contributed by atoms with Crippen LogP contribution in [0.25, 0.3) is 0 Å². The van der Waals surface area contributed by atoms with Crippen molar-refractivity contribution in [1.82, 2.24) is 20.2 Å². The number of hydrogen-bond donors (Lipinski definition) is 1. The first-order valence-corrected chi connectivity index (χ1v) is 9.60. The Morgan fingerprint density at radius 1 is 1.00 bits per heavy atom. The molecule has 0 unspecified atom stereocenters. The molecule has 1 N–H and O–H groups in total. The molecule has 1 saturated heterocycles. The number of nitrogens with zero attached hydrogens (tertiary/aromatic N) is 5. The molecule has 1 fully saturated rings. The molecule has 3 heterocycles. The van der Waals surface area contributed by atoms with Gasteiger partial charge in [0.05, 0.1) is 0 Å². The summed E-state index contributed by atoms with van der Waals surface area (Å²) in [6.07, 6.45) is 3.65. The molecule has 144 valence electrons. The van der Waals surface area contributed by atoms with Crippen molar-refractivity contribution in [2.75, 3.05) is 49.1 Å². The second-order valence-corrected chi connectivity index (χ2v) is 6.48. The summed E-state index contributed by atoms with van der Waals surface area (Å²) in [6, 6.07) is 9.93. The van der Waals surface area contributed by atoms with Crippen LogP contribution in [-0.4, -0.2) is 60.2 Å². The molecule has 7 heteroatoms. The predicted molar refractivity (Wildman–Crippen MR) is 108 cm³/mol. The molecule has 0 aliphatic carbocycles. The number of amides is 2. The second kappa shape index (κ2) is 9.21. The molecular weight excluding hydrogens is 340 g/mol. The van der Waals surface area contributed by atoms with Gasteiger partial charge < -0.3 is 20.0 Å². The van der Waals surface area contributed by atoms with E-state index < -0.39 is 0 Å². The molecule has 0 bridgehead atoms. The average Bonchev–Trinajstić information content (AvgIpc) is 2.74. The highest BCUT2D eigenvalue weighted by Gasteiger charge is 2.21. The number of nitrogens with one attached hydrogen (secondary N) is 1. The van der Waals surface area contributed by atoms with Gasteiger partial charge in [-0.3, -0.25) is 0 Å². The van der Waals surface area contributed by atoms with Crippen LogP contribution < -0.4 is 15.1 Å². The smallest absolute Gasteiger partial charge is 0.317 e. The number of hydrogen-bond acceptors (Lipinski definition) is 5. The minimum Gasteiger partial charge on any atom is -0.353 e. The zero-order chi connectivity index (χ0) is 19.1. The maximum Gasteiger partial charge on any atom is 0.317 e. The number of carbonyl (C=O) groups excluding carboxylic acids is 1. The van der Waals surface area contributed by atoms with Crippen LogP contribution in [0.2, 0.25) is 0 Å². The van der Waals surface area contributed by atoms with E-state index in [1.165, 1.54) is 0 Å². The van der Waals surface area contributed by atoms with Gasteiger partial charge in [-0.2, -0.15) is 0 Å². The number of carbonyl (C=O) groups is 1. The fourth-order valence-corrected chi connectivity index (χ4v) is 3.33. The van der Waals surface area contributed by atoms with Crippen molar-refractivity contribution >= 4 is 17.7 Å². The molecule has 0 aromatic carbocycles. The summed E-state index contributed by atoms with van der Waals surface area (Å²) in [5.41, 5.74) is 1.05. The van der Waals surface area contributed by atoms with Crippen molar-refractivity contribution in [3.8, 4) is 0 Å². The molecule has 27 heavy (non-hydrogen) atoms. The fraction of sp³-hybridized carbons (Fsp3) is 0.450. The van der Waals surface area contributed by atoms with Crippen molar-refractivity contribution in [3.63, 3.8) is 0 Å². The molecule has 0 spiro atoms. The maximum atomic E-state index is 12.2. The summed E-state index contributed by atoms with van der Waals surface area (Å²) < 4.78 is 0. The van der Waals surface area contributed by atoms with E-state index in [9.17, 15) is 4.79 Å². The third-order valence-corrected chi connectivity index (χ3v) is 4.90. The minimum absolute atomic E-state index is 0.0326. The number of aromatic nitrogens is 2. The van der Waals surface area contributed by atoms with Gasteiger partial charge >= 0.3 is 6.03 Å². The zero-order valence-corrected chi connectivity index (χ0v) is 16.1. The quantitative estimate of drug-likeness (QED) is 0.848. The molecule has 0 radical (unpaired) electrons. The summed E-state index contributed by atoms with van der Waals surface area (Å²) >= 11 is 0. The number of rotatable bonds is 6. The minimum atomic E-state index is -0.0326. The van der Waals surface area contributed by atoms with E-state index in [0.717, 1.165) is 43.4 Å². The monoisotopic (exact) mass is 368 g/mol. The van der Waals surface area contributed by atoms with Gasteiger partial charge in [0.1, 0.15) is 11.6 Å². The SMILES string of the molecule is CCN(CC)C(=O)NCc1cccnc1N1CCN(c2ccccn2)CC1. The van der Waals surface area contributed by atoms with E-state index in [1.807, 2.05) is 56.6 Å². The first-order valence-electron chi connectivity index (χ1n) is 9.60. The lowest BCUT2D eigenvalue weighted by atomic mass is 10.2. The third kappa shape index (κ3) is 4.67. The molecule has 2 aromatic heterocycles. The van der Waals surface area contributed by atoms with E-state index >= 15 is 0 Å². The lowest BCUT2D eigenvalue weighted by Crippen LogP contribution is -2.47. The van der Waals surface area contributed by atoms with Gasteiger partial charge in [0.25, 0.3) is 0 Å². The van der Waals surface area contributed by atoms with Gasteiger partial charge in [-0.15, -0.1) is 0 Å². The molecule has 2 aromatic rings. The molecule has 7 nitrogen and oxygen atoms in total. The van der Waals surface area contributed by atoms with Crippen LogP contribution in [0.5, 0.6) is 0 Å². The zero-order valence-electron chi connectivity index (χ0n) is 16.1. The molecule has 1 aliphatic heterocycles. The van der Waals surface area contributed by atoms with Gasteiger partial charge in [0, 0.05) is 63.8 Å². The fourth-order valence-electron chi connectivity index (χ4n) is 3.33. The summed E-state index contributed by atoms with van der Waals surface area (Å²) in [7, 11) is 0. The summed E-state index contributed by atoms with van der Waals surface area (Å²) in [5, 5.41) is 3.01. The van der Waals surface area contributed by atoms with Crippen LogP contribution in [0.3, 0.4) is 0 Å². The largest absolute Gasteiger partial charge is 0.353 e. The van der Waals surface area contributed by atoms with E-state index in [-0.39, 0.29) is 6.03 Å². The Labute approximate surface area is 161 Å². The van der Waals surface area contributed by atoms with Crippen molar-refractivity contribution in [2.24, 2.45) is 0 Å². The Balaban J connectivity index is 1.62. The van der Waals surface area contributed by atoms with Gasteiger partial charge in [-0.05, 0) is 32.0 Å². The van der Waals surface area contributed by atoms with Gasteiger partial charge in [-0.1, -0.05) is 12.1 Å². The van der Waals surface area contributed by atoms with Crippen molar-refractivity contribution in [2.45, 2.75) is 20.4 Å². The van der Waals surface area contributed by atoms with Crippen molar-refractivity contribution in [3.05, 3.63) is 48.3 Å². The molecule has 2 amide bonds. The van der Waals surface area contributed by atoms with Crippen LogP contribution in [0.15, 0.2) is 42.7 Å². The third-order valence-electron chi connectivity index (χ3n) is 4.90. The van der Waals surface area contributed by atoms with Crippen molar-refractivity contribution in [1.29, 1.82) is 0 Å². The number of piperazine rings is 1. The lowest BCUT2D eigenvalue weighted by Gasteiger charge is -2.36. The topological polar surface area (TPSA) is 64.6 Å². The van der Waals surface area contributed by atoms with E-state index in [2.05, 4.69) is 25.1 Å². The highest BCUT2D eigenvalue weighted by Crippen LogP contribution is 2.21. The van der Waals surface area contributed by atoms with Crippen LogP contribution in [0.1, 0.15) is 19.4 Å². The molecule has 1 aliphatic rings. The Bertz CT molecular complexity index is 726. The second-order valence-electron chi connectivity index (χ2n) is 6.48. The summed E-state index contributed by atoms with van der Waals surface area (Å²) in [5.74, 6) is 1.97. The van der Waals surface area contributed by atoms with Crippen LogP contribution in [0.4, 0.5) is 16.4 Å². The lowest BCUT2D eigenvalue weighted by molar-refractivity contribution is 0.203. The molecule has 0 saturated carbocycles. The Morgan fingerprint density at radius 2 is 1.70 bits per heavy atom. The van der Waals surface area contributed by atoms with Crippen molar-refractivity contribution < 1.29 is 4.79 Å². The molecular formula is C20H28N6O. The first-order chi connectivity index (χ1) is 13.2. The maximum absolute atomic E-state index is 12.2. The normalized spacial score (nSPS) is 14.1. The van der Waals surface area contributed by atoms with Gasteiger partial charge in [0.15, 0.2) is 0 Å². The number of urea groups is 1. The Morgan fingerprint density at radius 3 is 2.37 bits per heavy atom. The number of anilines is 2. The highest BCUT2D eigenvalue weighted by molar-refractivity contribution is 5.74. The van der Waals surface area contributed by atoms with Crippen LogP contribution in [-0.2, 0) is 6.54 Å². The van der Waals surface area contributed by atoms with Crippen LogP contribution >= 0.6 is 0 Å². The van der Waals surface area contributed by atoms with Crippen LogP contribution in [0, 0.1) is 0 Å². The predicted octanol–water partition coefficient (Wildman–Crippen LogP) is 2.35. The Hall–Kier alpha value is -2.83. The van der Waals surface area contributed by atoms with E-state index in [0.29, 0.717) is 19.6 Å². The van der Waals surface area contributed by atoms with Gasteiger partial charge in [-0.25, -0.2) is 14.8 Å². The highest BCUT2D eigenvalue weighted by atomic mass is 16.2. The average molecular weight is 368 g/mol.